The molecule has 1 N–H and O–H groups in total. The molecule has 2 aliphatic heterocycles. The molecule has 4 nitrogen and oxygen atoms in total. The van der Waals surface area contributed by atoms with Gasteiger partial charge in [-0.25, -0.2) is 0 Å². The van der Waals surface area contributed by atoms with Gasteiger partial charge in [-0.05, 0) is 54.3 Å². The molecular weight excluding hydrogens is 366 g/mol. The lowest BCUT2D eigenvalue weighted by Crippen LogP contribution is -2.19. The highest BCUT2D eigenvalue weighted by molar-refractivity contribution is 7.99. The lowest BCUT2D eigenvalue weighted by atomic mass is 9.91. The first-order chi connectivity index (χ1) is 12.3. The van der Waals surface area contributed by atoms with E-state index in [1.54, 1.807) is 11.1 Å². The molecule has 0 aromatic heterocycles. The van der Waals surface area contributed by atoms with E-state index in [1.807, 2.05) is 11.8 Å². The molecule has 0 unspecified atom stereocenters. The van der Waals surface area contributed by atoms with Gasteiger partial charge in [-0.1, -0.05) is 48.2 Å². The number of fused-ring (bicyclic) bond motifs is 4. The minimum absolute atomic E-state index is 0.715. The minimum atomic E-state index is -3.67. The molecule has 0 fully saturated rings. The first-order valence-corrected chi connectivity index (χ1v) is 11.2. The molecule has 26 heavy (non-hydrogen) atoms. The van der Waals surface area contributed by atoms with Crippen LogP contribution in [0, 0.1) is 0 Å². The maximum Gasteiger partial charge on any atom is 0.261 e. The molecule has 138 valence electrons. The lowest BCUT2D eigenvalue weighted by molar-refractivity contribution is 0.356. The van der Waals surface area contributed by atoms with Crippen LogP contribution in [0.3, 0.4) is 0 Å². The largest absolute Gasteiger partial charge is 0.306 e. The molecule has 6 heteroatoms. The Labute approximate surface area is 159 Å². The normalized spacial score (nSPS) is 17.0. The molecule has 2 aromatic carbocycles. The van der Waals surface area contributed by atoms with Crippen molar-refractivity contribution in [3.63, 3.8) is 0 Å². The summed E-state index contributed by atoms with van der Waals surface area (Å²) >= 11 is 1.92. The number of hydrogen-bond acceptors (Lipinski definition) is 4. The molecule has 2 heterocycles. The Bertz CT molecular complexity index is 868. The van der Waals surface area contributed by atoms with Crippen LogP contribution in [0.5, 0.6) is 0 Å². The van der Waals surface area contributed by atoms with Crippen LogP contribution in [0.2, 0.25) is 0 Å². The van der Waals surface area contributed by atoms with E-state index in [1.165, 1.54) is 20.9 Å². The minimum Gasteiger partial charge on any atom is -0.306 e. The van der Waals surface area contributed by atoms with Gasteiger partial charge in [0.25, 0.3) is 10.1 Å². The first-order valence-electron chi connectivity index (χ1n) is 8.52. The van der Waals surface area contributed by atoms with Crippen LogP contribution in [-0.2, 0) is 10.1 Å². The van der Waals surface area contributed by atoms with E-state index in [-0.39, 0.29) is 0 Å². The summed E-state index contributed by atoms with van der Waals surface area (Å²) in [6, 6.07) is 17.8. The molecule has 0 bridgehead atoms. The topological polar surface area (TPSA) is 57.6 Å². The van der Waals surface area contributed by atoms with Crippen molar-refractivity contribution < 1.29 is 13.0 Å². The van der Waals surface area contributed by atoms with Crippen molar-refractivity contribution in [3.05, 3.63) is 59.7 Å². The van der Waals surface area contributed by atoms with Gasteiger partial charge < -0.3 is 4.90 Å². The van der Waals surface area contributed by atoms with Crippen molar-refractivity contribution in [2.75, 3.05) is 26.4 Å². The molecular formula is C20H23NO3S2. The smallest absolute Gasteiger partial charge is 0.261 e. The highest BCUT2D eigenvalue weighted by Crippen LogP contribution is 2.46. The summed E-state index contributed by atoms with van der Waals surface area (Å²) in [6.07, 6.45) is 3.02. The van der Waals surface area contributed by atoms with Crippen LogP contribution in [0.1, 0.15) is 24.0 Å². The fourth-order valence-corrected chi connectivity index (χ4v) is 4.47. The van der Waals surface area contributed by atoms with E-state index in [4.69, 9.17) is 4.55 Å². The van der Waals surface area contributed by atoms with E-state index in [2.05, 4.69) is 60.5 Å². The molecule has 4 rings (SSSR count). The zero-order chi connectivity index (χ0) is 18.7. The molecule has 2 aliphatic rings. The van der Waals surface area contributed by atoms with Crippen molar-refractivity contribution in [1.82, 2.24) is 4.90 Å². The third-order valence-corrected chi connectivity index (χ3v) is 5.65. The predicted octanol–water partition coefficient (Wildman–Crippen LogP) is 4.29. The fourth-order valence-electron chi connectivity index (χ4n) is 3.34. The SMILES string of the molecule is CN1CCC2=C(CC1)c1ccccc1Sc1ccccc12.CS(=O)(=O)O. The summed E-state index contributed by atoms with van der Waals surface area (Å²) in [4.78, 5) is 5.26. The second-order valence-corrected chi connectivity index (χ2v) is 9.14. The molecule has 0 amide bonds. The zero-order valence-corrected chi connectivity index (χ0v) is 16.6. The van der Waals surface area contributed by atoms with Crippen molar-refractivity contribution in [1.29, 1.82) is 0 Å². The van der Waals surface area contributed by atoms with Crippen LogP contribution < -0.4 is 0 Å². The van der Waals surface area contributed by atoms with Gasteiger partial charge in [-0.3, -0.25) is 4.55 Å². The maximum atomic E-state index is 9.19. The highest BCUT2D eigenvalue weighted by Gasteiger charge is 2.23. The molecule has 0 radical (unpaired) electrons. The average Bonchev–Trinajstić information content (AvgIpc) is 2.83. The summed E-state index contributed by atoms with van der Waals surface area (Å²) in [7, 11) is -1.43. The van der Waals surface area contributed by atoms with Crippen LogP contribution in [0.4, 0.5) is 0 Å². The van der Waals surface area contributed by atoms with Crippen molar-refractivity contribution in [2.24, 2.45) is 0 Å². The number of nitrogens with zero attached hydrogens (tertiary/aromatic N) is 1. The Morgan fingerprint density at radius 2 is 1.27 bits per heavy atom. The van der Waals surface area contributed by atoms with Gasteiger partial charge in [-0.2, -0.15) is 8.42 Å². The standard InChI is InChI=1S/C19H19NS.CH4O3S/c1-20-12-10-14-15(11-13-20)17-7-3-5-9-19(17)21-18-8-4-2-6-16(14)18;1-5(2,3)4/h2-9H,10-13H2,1H3;1H3,(H,2,3,4). The molecule has 0 atom stereocenters. The molecule has 0 aliphatic carbocycles. The van der Waals surface area contributed by atoms with Gasteiger partial charge in [0, 0.05) is 22.9 Å². The van der Waals surface area contributed by atoms with E-state index in [9.17, 15) is 8.42 Å². The summed E-state index contributed by atoms with van der Waals surface area (Å²) in [5, 5.41) is 0. The number of benzene rings is 2. The van der Waals surface area contributed by atoms with E-state index >= 15 is 0 Å². The van der Waals surface area contributed by atoms with Crippen LogP contribution in [0.15, 0.2) is 58.3 Å². The van der Waals surface area contributed by atoms with Gasteiger partial charge in [-0.15, -0.1) is 0 Å². The Morgan fingerprint density at radius 3 is 1.69 bits per heavy atom. The number of rotatable bonds is 0. The van der Waals surface area contributed by atoms with Gasteiger partial charge in [0.1, 0.15) is 0 Å². The Morgan fingerprint density at radius 1 is 0.885 bits per heavy atom. The van der Waals surface area contributed by atoms with Crippen molar-refractivity contribution in [3.8, 4) is 0 Å². The number of hydrogen-bond donors (Lipinski definition) is 1. The van der Waals surface area contributed by atoms with E-state index in [0.717, 1.165) is 25.9 Å². The lowest BCUT2D eigenvalue weighted by Gasteiger charge is -2.14. The average molecular weight is 390 g/mol. The monoisotopic (exact) mass is 389 g/mol. The zero-order valence-electron chi connectivity index (χ0n) is 15.0. The highest BCUT2D eigenvalue weighted by atomic mass is 32.2. The molecule has 0 saturated heterocycles. The second kappa shape index (κ2) is 7.96. The maximum absolute atomic E-state index is 9.19. The summed E-state index contributed by atoms with van der Waals surface area (Å²) < 4.78 is 25.9. The van der Waals surface area contributed by atoms with E-state index in [0.29, 0.717) is 6.26 Å². The van der Waals surface area contributed by atoms with Crippen molar-refractivity contribution in [2.45, 2.75) is 22.6 Å². The fraction of sp³-hybridized carbons (Fsp3) is 0.300. The summed E-state index contributed by atoms with van der Waals surface area (Å²) in [5.41, 5.74) is 6.02. The van der Waals surface area contributed by atoms with Gasteiger partial charge in [0.2, 0.25) is 0 Å². The van der Waals surface area contributed by atoms with Crippen molar-refractivity contribution >= 4 is 33.0 Å². The van der Waals surface area contributed by atoms with E-state index < -0.39 is 10.1 Å². The third-order valence-electron chi connectivity index (χ3n) is 4.50. The molecule has 0 saturated carbocycles. The van der Waals surface area contributed by atoms with Gasteiger partial charge >= 0.3 is 0 Å². The quantitative estimate of drug-likeness (QED) is 0.681. The van der Waals surface area contributed by atoms with Gasteiger partial charge in [0.15, 0.2) is 0 Å². The molecule has 0 spiro atoms. The third kappa shape index (κ3) is 4.76. The van der Waals surface area contributed by atoms with Crippen LogP contribution in [0.25, 0.3) is 11.1 Å². The summed E-state index contributed by atoms with van der Waals surface area (Å²) in [6.45, 7) is 2.31. The Balaban J connectivity index is 0.000000349. The Kier molecular flexibility index (Phi) is 5.87. The van der Waals surface area contributed by atoms with Gasteiger partial charge in [0.05, 0.1) is 6.26 Å². The second-order valence-electron chi connectivity index (χ2n) is 6.59. The summed E-state index contributed by atoms with van der Waals surface area (Å²) in [5.74, 6) is 0. The Hall–Kier alpha value is -1.60. The van der Waals surface area contributed by atoms with Crippen LogP contribution >= 0.6 is 11.8 Å². The molecule has 2 aromatic rings. The first kappa shape index (κ1) is 19.2. The van der Waals surface area contributed by atoms with Crippen LogP contribution in [-0.4, -0.2) is 44.3 Å². The predicted molar refractivity (Wildman–Crippen MR) is 108 cm³/mol.